The second kappa shape index (κ2) is 11.8. The Balaban J connectivity index is 1.18. The van der Waals surface area contributed by atoms with Crippen molar-refractivity contribution in [3.05, 3.63) is 65.5 Å². The van der Waals surface area contributed by atoms with Crippen molar-refractivity contribution in [2.45, 2.75) is 45.2 Å². The van der Waals surface area contributed by atoms with Crippen LogP contribution in [0.2, 0.25) is 0 Å². The van der Waals surface area contributed by atoms with E-state index >= 15 is 0 Å². The largest absolute Gasteiger partial charge is 0.368 e. The maximum Gasteiger partial charge on any atom is 0.317 e. The molecule has 2 aromatic carbocycles. The molecule has 0 aliphatic carbocycles. The smallest absolute Gasteiger partial charge is 0.317 e. The van der Waals surface area contributed by atoms with Crippen molar-refractivity contribution < 1.29 is 18.0 Å². The Kier molecular flexibility index (Phi) is 8.55. The third kappa shape index (κ3) is 6.69. The molecule has 2 aliphatic heterocycles. The van der Waals surface area contributed by atoms with Crippen LogP contribution in [0.5, 0.6) is 0 Å². The molecule has 0 unspecified atom stereocenters. The average molecular weight is 489 g/mol. The van der Waals surface area contributed by atoms with Gasteiger partial charge < -0.3 is 15.1 Å². The normalized spacial score (nSPS) is 19.9. The van der Waals surface area contributed by atoms with Gasteiger partial charge in [0.15, 0.2) is 0 Å². The van der Waals surface area contributed by atoms with Gasteiger partial charge in [-0.05, 0) is 69.0 Å². The lowest BCUT2D eigenvalue weighted by molar-refractivity contribution is 0.146. The first kappa shape index (κ1) is 25.4. The zero-order valence-electron chi connectivity index (χ0n) is 20.3. The van der Waals surface area contributed by atoms with Crippen molar-refractivity contribution in [2.75, 3.05) is 44.2 Å². The molecule has 0 saturated carbocycles. The van der Waals surface area contributed by atoms with Gasteiger partial charge in [0.2, 0.25) is 0 Å². The van der Waals surface area contributed by atoms with Crippen LogP contribution in [0.3, 0.4) is 0 Å². The molecule has 2 aliphatic rings. The summed E-state index contributed by atoms with van der Waals surface area (Å²) < 4.78 is 39.7. The highest BCUT2D eigenvalue weighted by molar-refractivity contribution is 5.75. The molecule has 2 amide bonds. The van der Waals surface area contributed by atoms with Crippen LogP contribution >= 0.6 is 0 Å². The Morgan fingerprint density at radius 2 is 1.80 bits per heavy atom. The summed E-state index contributed by atoms with van der Waals surface area (Å²) in [5, 5.41) is 3.07. The van der Waals surface area contributed by atoms with Crippen LogP contribution in [0.15, 0.2) is 48.5 Å². The van der Waals surface area contributed by atoms with Gasteiger partial charge in [-0.1, -0.05) is 30.3 Å². The zero-order chi connectivity index (χ0) is 24.8. The van der Waals surface area contributed by atoms with Gasteiger partial charge in [-0.25, -0.2) is 18.0 Å². The number of urea groups is 1. The summed E-state index contributed by atoms with van der Waals surface area (Å²) in [7, 11) is 0. The molecule has 0 spiro atoms. The first-order valence-corrected chi connectivity index (χ1v) is 12.5. The molecule has 0 bridgehead atoms. The van der Waals surface area contributed by atoms with E-state index in [1.54, 1.807) is 4.90 Å². The number of benzene rings is 2. The van der Waals surface area contributed by atoms with E-state index in [-0.39, 0.29) is 12.1 Å². The van der Waals surface area contributed by atoms with Crippen LogP contribution in [0.1, 0.15) is 43.7 Å². The van der Waals surface area contributed by atoms with Gasteiger partial charge in [0.1, 0.15) is 5.82 Å². The Morgan fingerprint density at radius 3 is 2.49 bits per heavy atom. The van der Waals surface area contributed by atoms with E-state index in [2.05, 4.69) is 34.5 Å². The summed E-state index contributed by atoms with van der Waals surface area (Å²) in [6.07, 6.45) is 0.424. The van der Waals surface area contributed by atoms with E-state index in [4.69, 9.17) is 0 Å². The van der Waals surface area contributed by atoms with E-state index in [9.17, 15) is 18.0 Å². The van der Waals surface area contributed by atoms with Gasteiger partial charge in [0.05, 0.1) is 5.56 Å². The van der Waals surface area contributed by atoms with Crippen LogP contribution < -0.4 is 10.2 Å². The van der Waals surface area contributed by atoms with E-state index in [1.165, 1.54) is 17.7 Å². The molecule has 2 heterocycles. The number of alkyl halides is 2. The van der Waals surface area contributed by atoms with Crippen LogP contribution in [0, 0.1) is 11.7 Å². The third-order valence-electron chi connectivity index (χ3n) is 7.25. The summed E-state index contributed by atoms with van der Waals surface area (Å²) in [4.78, 5) is 19.0. The molecule has 2 saturated heterocycles. The highest BCUT2D eigenvalue weighted by Gasteiger charge is 2.28. The molecule has 4 rings (SSSR count). The molecule has 2 fully saturated rings. The minimum atomic E-state index is -2.85. The Bertz CT molecular complexity index is 966. The average Bonchev–Trinajstić information content (AvgIpc) is 2.85. The van der Waals surface area contributed by atoms with Crippen LogP contribution in [0.25, 0.3) is 0 Å². The number of likely N-dealkylation sites (tertiary alicyclic amines) is 1. The second-order valence-corrected chi connectivity index (χ2v) is 9.72. The fourth-order valence-corrected chi connectivity index (χ4v) is 5.15. The van der Waals surface area contributed by atoms with E-state index in [0.717, 1.165) is 45.0 Å². The fourth-order valence-electron chi connectivity index (χ4n) is 5.15. The van der Waals surface area contributed by atoms with Crippen molar-refractivity contribution in [1.29, 1.82) is 0 Å². The predicted octanol–water partition coefficient (Wildman–Crippen LogP) is 5.29. The number of nitrogens with one attached hydrogen (secondary N) is 1. The molecule has 8 heteroatoms. The molecule has 2 aromatic rings. The Morgan fingerprint density at radius 1 is 1.06 bits per heavy atom. The fraction of sp³-hybridized carbons (Fsp3) is 0.519. The van der Waals surface area contributed by atoms with Crippen LogP contribution in [-0.2, 0) is 6.54 Å². The minimum Gasteiger partial charge on any atom is -0.368 e. The van der Waals surface area contributed by atoms with E-state index in [1.807, 2.05) is 17.9 Å². The summed E-state index contributed by atoms with van der Waals surface area (Å²) in [6, 6.07) is 14.2. The third-order valence-corrected chi connectivity index (χ3v) is 7.25. The molecule has 1 atom stereocenters. The lowest BCUT2D eigenvalue weighted by atomic mass is 9.93. The number of hydrogen-bond donors (Lipinski definition) is 1. The molecular formula is C27H35F3N4O. The lowest BCUT2D eigenvalue weighted by Gasteiger charge is -2.41. The molecule has 35 heavy (non-hydrogen) atoms. The van der Waals surface area contributed by atoms with Crippen LogP contribution in [0.4, 0.5) is 23.7 Å². The number of piperidine rings is 1. The molecule has 0 aromatic heterocycles. The molecule has 0 radical (unpaired) electrons. The van der Waals surface area contributed by atoms with Gasteiger partial charge in [0.25, 0.3) is 6.43 Å². The minimum absolute atomic E-state index is 0.0777. The second-order valence-electron chi connectivity index (χ2n) is 9.72. The number of amides is 2. The number of carbonyl (C=O) groups is 1. The summed E-state index contributed by atoms with van der Waals surface area (Å²) in [6.45, 7) is 7.30. The molecule has 190 valence electrons. The van der Waals surface area contributed by atoms with Crippen molar-refractivity contribution in [3.8, 4) is 0 Å². The maximum absolute atomic E-state index is 13.6. The molecule has 5 nitrogen and oxygen atoms in total. The van der Waals surface area contributed by atoms with Gasteiger partial charge in [-0.2, -0.15) is 0 Å². The standard InChI is InChI=1S/C27H35F3N4O/c1-20-18-33(23-7-8-25(28)24(17-23)26(29)30)15-16-34(20)27(35)31-12-9-21-10-13-32(14-11-21)19-22-5-3-2-4-6-22/h2-8,17,20-21,26H,9-16,18-19H2,1H3,(H,31,35)/t20-/m1/s1. The zero-order valence-corrected chi connectivity index (χ0v) is 20.3. The number of halogens is 3. The van der Waals surface area contributed by atoms with E-state index in [0.29, 0.717) is 37.8 Å². The quantitative estimate of drug-likeness (QED) is 0.576. The number of carbonyl (C=O) groups excluding carboxylic acids is 1. The van der Waals surface area contributed by atoms with Crippen LogP contribution in [-0.4, -0.2) is 61.1 Å². The number of piperazine rings is 1. The van der Waals surface area contributed by atoms with Crippen molar-refractivity contribution in [3.63, 3.8) is 0 Å². The summed E-state index contributed by atoms with van der Waals surface area (Å²) in [5.41, 5.74) is 1.33. The SMILES string of the molecule is C[C@@H]1CN(c2ccc(F)c(C(F)F)c2)CCN1C(=O)NCCC1CCN(Cc2ccccc2)CC1. The van der Waals surface area contributed by atoms with Crippen molar-refractivity contribution in [1.82, 2.24) is 15.1 Å². The highest BCUT2D eigenvalue weighted by Crippen LogP contribution is 2.28. The first-order valence-electron chi connectivity index (χ1n) is 12.5. The Hall–Kier alpha value is -2.74. The van der Waals surface area contributed by atoms with Gasteiger partial charge in [-0.15, -0.1) is 0 Å². The topological polar surface area (TPSA) is 38.8 Å². The number of hydrogen-bond acceptors (Lipinski definition) is 3. The summed E-state index contributed by atoms with van der Waals surface area (Å²) in [5.74, 6) is -0.268. The van der Waals surface area contributed by atoms with Crippen molar-refractivity contribution >= 4 is 11.7 Å². The number of nitrogens with zero attached hydrogens (tertiary/aromatic N) is 3. The van der Waals surface area contributed by atoms with Crippen molar-refractivity contribution in [2.24, 2.45) is 5.92 Å². The summed E-state index contributed by atoms with van der Waals surface area (Å²) >= 11 is 0. The van der Waals surface area contributed by atoms with Gasteiger partial charge in [-0.3, -0.25) is 4.90 Å². The monoisotopic (exact) mass is 488 g/mol. The Labute approximate surface area is 205 Å². The number of rotatable bonds is 7. The maximum atomic E-state index is 13.6. The molecular weight excluding hydrogens is 453 g/mol. The van der Waals surface area contributed by atoms with E-state index < -0.39 is 17.8 Å². The lowest BCUT2D eigenvalue weighted by Crippen LogP contribution is -2.56. The first-order chi connectivity index (χ1) is 16.9. The van der Waals surface area contributed by atoms with Gasteiger partial charge >= 0.3 is 6.03 Å². The molecule has 1 N–H and O–H groups in total. The van der Waals surface area contributed by atoms with Gasteiger partial charge in [0, 0.05) is 44.5 Å². The highest BCUT2D eigenvalue weighted by atomic mass is 19.3. The number of anilines is 1. The predicted molar refractivity (Wildman–Crippen MR) is 132 cm³/mol.